The van der Waals surface area contributed by atoms with Crippen LogP contribution >= 0.6 is 0 Å². The average molecular weight is 412 g/mol. The van der Waals surface area contributed by atoms with E-state index in [2.05, 4.69) is 48.4 Å². The highest BCUT2D eigenvalue weighted by Gasteiger charge is 2.67. The zero-order valence-corrected chi connectivity index (χ0v) is 17.3. The monoisotopic (exact) mass is 412 g/mol. The van der Waals surface area contributed by atoms with Crippen LogP contribution in [-0.4, -0.2) is 23.0 Å². The number of nitrogens with zero attached hydrogens (tertiary/aromatic N) is 2. The third-order valence-corrected chi connectivity index (χ3v) is 7.35. The van der Waals surface area contributed by atoms with Gasteiger partial charge in [-0.05, 0) is 60.3 Å². The highest BCUT2D eigenvalue weighted by atomic mass is 16.5. The molecule has 4 aliphatic carbocycles. The number of rotatable bonds is 5. The number of benzene rings is 2. The standard InChI is InChI=1S/C26H24N2O3/c1-15-5-7-16(8-6-15)14-31-18-4-2-3-17(11-18)13-27-28-25(29)23-19-9-10-20(22-12-21(19)22)24(23)26(28)30/h2-11,13,19-24H,12,14H2,1H3/b27-13-/t19-,20-,21-,22+,23+,24+/m0/s1. The van der Waals surface area contributed by atoms with Crippen molar-refractivity contribution in [2.45, 2.75) is 20.0 Å². The van der Waals surface area contributed by atoms with Gasteiger partial charge in [0, 0.05) is 0 Å². The van der Waals surface area contributed by atoms with Crippen molar-refractivity contribution in [2.75, 3.05) is 0 Å². The van der Waals surface area contributed by atoms with E-state index in [0.29, 0.717) is 18.4 Å². The average Bonchev–Trinajstić information content (AvgIpc) is 3.57. The van der Waals surface area contributed by atoms with Crippen molar-refractivity contribution in [1.82, 2.24) is 5.01 Å². The summed E-state index contributed by atoms with van der Waals surface area (Å²) in [6.45, 7) is 2.54. The van der Waals surface area contributed by atoms with Crippen LogP contribution in [0.1, 0.15) is 23.1 Å². The minimum Gasteiger partial charge on any atom is -0.489 e. The summed E-state index contributed by atoms with van der Waals surface area (Å²) in [5.74, 6) is 1.65. The van der Waals surface area contributed by atoms with Crippen LogP contribution in [0.2, 0.25) is 0 Å². The predicted octanol–water partition coefficient (Wildman–Crippen LogP) is 3.96. The van der Waals surface area contributed by atoms with Crippen LogP contribution in [0, 0.1) is 42.4 Å². The molecule has 156 valence electrons. The minimum absolute atomic E-state index is 0.136. The first-order valence-corrected chi connectivity index (χ1v) is 11.0. The summed E-state index contributed by atoms with van der Waals surface area (Å²) in [6.07, 6.45) is 7.09. The Morgan fingerprint density at radius 1 is 1.00 bits per heavy atom. The molecule has 1 heterocycles. The Kier molecular flexibility index (Phi) is 4.13. The van der Waals surface area contributed by atoms with E-state index in [-0.39, 0.29) is 35.5 Å². The van der Waals surface area contributed by atoms with Gasteiger partial charge in [-0.1, -0.05) is 54.1 Å². The first-order chi connectivity index (χ1) is 15.1. The minimum atomic E-state index is -0.215. The molecule has 2 aromatic carbocycles. The van der Waals surface area contributed by atoms with Gasteiger partial charge in [0.15, 0.2) is 0 Å². The number of imide groups is 1. The lowest BCUT2D eigenvalue weighted by Gasteiger charge is -2.37. The van der Waals surface area contributed by atoms with Crippen LogP contribution in [0.5, 0.6) is 5.75 Å². The molecule has 0 N–H and O–H groups in total. The highest BCUT2D eigenvalue weighted by molar-refractivity contribution is 6.06. The fourth-order valence-electron chi connectivity index (χ4n) is 5.72. The van der Waals surface area contributed by atoms with Crippen LogP contribution < -0.4 is 4.74 Å². The third kappa shape index (κ3) is 3.02. The molecule has 5 nitrogen and oxygen atoms in total. The number of hydrazone groups is 1. The highest BCUT2D eigenvalue weighted by Crippen LogP contribution is 2.65. The molecule has 5 aliphatic rings. The molecule has 2 saturated carbocycles. The number of hydrogen-bond acceptors (Lipinski definition) is 4. The molecule has 5 heteroatoms. The Bertz CT molecular complexity index is 1080. The van der Waals surface area contributed by atoms with Crippen LogP contribution in [0.4, 0.5) is 0 Å². The molecule has 7 rings (SSSR count). The molecular weight excluding hydrogens is 388 g/mol. The van der Waals surface area contributed by atoms with E-state index in [9.17, 15) is 9.59 Å². The normalized spacial score (nSPS) is 32.5. The maximum Gasteiger partial charge on any atom is 0.254 e. The summed E-state index contributed by atoms with van der Waals surface area (Å²) in [5, 5.41) is 5.43. The van der Waals surface area contributed by atoms with Crippen LogP contribution in [0.25, 0.3) is 0 Å². The van der Waals surface area contributed by atoms with Crippen molar-refractivity contribution in [3.05, 3.63) is 77.4 Å². The first kappa shape index (κ1) is 18.6. The molecule has 31 heavy (non-hydrogen) atoms. The number of amides is 2. The van der Waals surface area contributed by atoms with Crippen molar-refractivity contribution in [3.63, 3.8) is 0 Å². The van der Waals surface area contributed by atoms with Crippen LogP contribution in [-0.2, 0) is 16.2 Å². The van der Waals surface area contributed by atoms with Gasteiger partial charge in [-0.25, -0.2) is 0 Å². The number of ether oxygens (including phenoxy) is 1. The van der Waals surface area contributed by atoms with Gasteiger partial charge in [0.05, 0.1) is 18.1 Å². The molecule has 6 atom stereocenters. The van der Waals surface area contributed by atoms with Crippen LogP contribution in [0.15, 0.2) is 65.8 Å². The summed E-state index contributed by atoms with van der Waals surface area (Å²) in [7, 11) is 0. The van der Waals surface area contributed by atoms with Gasteiger partial charge in [-0.3, -0.25) is 9.59 Å². The van der Waals surface area contributed by atoms with Crippen molar-refractivity contribution in [2.24, 2.45) is 40.6 Å². The molecule has 0 radical (unpaired) electrons. The summed E-state index contributed by atoms with van der Waals surface area (Å²) >= 11 is 0. The van der Waals surface area contributed by atoms with Gasteiger partial charge < -0.3 is 4.74 Å². The van der Waals surface area contributed by atoms with Gasteiger partial charge in [0.2, 0.25) is 0 Å². The molecule has 0 aromatic heterocycles. The van der Waals surface area contributed by atoms with Gasteiger partial charge in [0.25, 0.3) is 11.8 Å². The molecule has 2 amide bonds. The SMILES string of the molecule is Cc1ccc(COc2cccc(/C=N\N3C(=O)[C@@H]4[C@H]5C=C[C@@H]([C@@H]6C[C@H]56)[C@H]4C3=O)c2)cc1. The fraction of sp³-hybridized carbons (Fsp3) is 0.346. The summed E-state index contributed by atoms with van der Waals surface area (Å²) in [4.78, 5) is 26.0. The van der Waals surface area contributed by atoms with E-state index in [1.807, 2.05) is 24.3 Å². The second-order valence-electron chi connectivity index (χ2n) is 9.23. The smallest absolute Gasteiger partial charge is 0.254 e. The topological polar surface area (TPSA) is 59.0 Å². The maximum atomic E-state index is 13.0. The molecule has 2 aromatic rings. The van der Waals surface area contributed by atoms with E-state index in [1.54, 1.807) is 6.21 Å². The largest absolute Gasteiger partial charge is 0.489 e. The number of aryl methyl sites for hydroxylation is 1. The first-order valence-electron chi connectivity index (χ1n) is 11.0. The van der Waals surface area contributed by atoms with E-state index in [4.69, 9.17) is 4.74 Å². The van der Waals surface area contributed by atoms with Gasteiger partial charge >= 0.3 is 0 Å². The Balaban J connectivity index is 1.16. The molecule has 3 fully saturated rings. The zero-order chi connectivity index (χ0) is 21.1. The van der Waals surface area contributed by atoms with Gasteiger partial charge in [-0.15, -0.1) is 0 Å². The van der Waals surface area contributed by atoms with Gasteiger partial charge in [-0.2, -0.15) is 10.1 Å². The molecular formula is C26H24N2O3. The predicted molar refractivity (Wildman–Crippen MR) is 116 cm³/mol. The third-order valence-electron chi connectivity index (χ3n) is 7.35. The molecule has 0 unspecified atom stereocenters. The van der Waals surface area contributed by atoms with Crippen LogP contribution in [0.3, 0.4) is 0 Å². The fourth-order valence-corrected chi connectivity index (χ4v) is 5.72. The van der Waals surface area contributed by atoms with Gasteiger partial charge in [0.1, 0.15) is 12.4 Å². The maximum absolute atomic E-state index is 13.0. The summed E-state index contributed by atoms with van der Waals surface area (Å²) < 4.78 is 5.90. The number of allylic oxidation sites excluding steroid dienone is 2. The Hall–Kier alpha value is -3.21. The second-order valence-corrected chi connectivity index (χ2v) is 9.23. The lowest BCUT2D eigenvalue weighted by Crippen LogP contribution is -2.40. The molecule has 1 aliphatic heterocycles. The van der Waals surface area contributed by atoms with E-state index in [1.165, 1.54) is 5.56 Å². The van der Waals surface area contributed by atoms with E-state index < -0.39 is 0 Å². The number of carbonyl (C=O) groups is 2. The lowest BCUT2D eigenvalue weighted by molar-refractivity contribution is -0.140. The Labute approximate surface area is 181 Å². The van der Waals surface area contributed by atoms with Crippen molar-refractivity contribution in [3.8, 4) is 5.75 Å². The van der Waals surface area contributed by atoms with Crippen molar-refractivity contribution >= 4 is 18.0 Å². The quantitative estimate of drug-likeness (QED) is 0.424. The molecule has 2 bridgehead atoms. The Morgan fingerprint density at radius 2 is 1.68 bits per heavy atom. The lowest BCUT2D eigenvalue weighted by atomic mass is 9.63. The number of carbonyl (C=O) groups excluding carboxylic acids is 2. The number of hydrogen-bond donors (Lipinski definition) is 0. The molecule has 1 saturated heterocycles. The summed E-state index contributed by atoms with van der Waals surface area (Å²) in [6, 6.07) is 15.8. The second kappa shape index (κ2) is 6.91. The summed E-state index contributed by atoms with van der Waals surface area (Å²) in [5.41, 5.74) is 3.11. The molecule has 0 spiro atoms. The van der Waals surface area contributed by atoms with E-state index >= 15 is 0 Å². The Morgan fingerprint density at radius 3 is 2.35 bits per heavy atom. The van der Waals surface area contributed by atoms with Crippen molar-refractivity contribution < 1.29 is 14.3 Å². The zero-order valence-electron chi connectivity index (χ0n) is 17.3. The van der Waals surface area contributed by atoms with E-state index in [0.717, 1.165) is 28.3 Å². The van der Waals surface area contributed by atoms with Crippen molar-refractivity contribution in [1.29, 1.82) is 0 Å².